The van der Waals surface area contributed by atoms with E-state index in [1.165, 1.54) is 18.0 Å². The summed E-state index contributed by atoms with van der Waals surface area (Å²) in [6.07, 6.45) is -0.136. The summed E-state index contributed by atoms with van der Waals surface area (Å²) in [6.45, 7) is 3.52. The molecule has 0 saturated heterocycles. The van der Waals surface area contributed by atoms with Gasteiger partial charge in [0.15, 0.2) is 17.5 Å². The molecule has 2 N–H and O–H groups in total. The van der Waals surface area contributed by atoms with Crippen LogP contribution in [0.15, 0.2) is 36.2 Å². The van der Waals surface area contributed by atoms with Crippen molar-refractivity contribution < 1.29 is 27.8 Å². The van der Waals surface area contributed by atoms with Crippen LogP contribution in [0.4, 0.5) is 18.9 Å². The number of hydrogen-bond acceptors (Lipinski definition) is 5. The second-order valence-electron chi connectivity index (χ2n) is 7.09. The number of aryl methyl sites for hydroxylation is 2. The van der Waals surface area contributed by atoms with Gasteiger partial charge < -0.3 is 20.1 Å². The summed E-state index contributed by atoms with van der Waals surface area (Å²) in [4.78, 5) is 14.6. The van der Waals surface area contributed by atoms with Gasteiger partial charge in [-0.3, -0.25) is 9.69 Å². The largest absolute Gasteiger partial charge is 0.496 e. The third kappa shape index (κ3) is 4.06. The number of aliphatic hydroxyl groups excluding tert-OH is 1. The Morgan fingerprint density at radius 1 is 1.10 bits per heavy atom. The van der Waals surface area contributed by atoms with Crippen molar-refractivity contribution in [1.29, 1.82) is 0 Å². The van der Waals surface area contributed by atoms with Crippen LogP contribution in [-0.4, -0.2) is 41.3 Å². The number of carbonyl (C=O) groups is 1. The Hall–Kier alpha value is -3.20. The topological polar surface area (TPSA) is 65.0 Å². The maximum absolute atomic E-state index is 13.6. The predicted molar refractivity (Wildman–Crippen MR) is 105 cm³/mol. The summed E-state index contributed by atoms with van der Waals surface area (Å²) in [5.74, 6) is -3.77. The highest BCUT2D eigenvalue weighted by atomic mass is 19.2. The molecular formula is C21H22F3N3O3. The number of likely N-dealkylation sites (N-methyl/N-ethyl adjacent to an activating group) is 1. The summed E-state index contributed by atoms with van der Waals surface area (Å²) < 4.78 is 45.9. The molecule has 0 fully saturated rings. The Labute approximate surface area is 172 Å². The molecular weight excluding hydrogens is 399 g/mol. The number of amides is 1. The number of benzene rings is 2. The maximum atomic E-state index is 13.6. The van der Waals surface area contributed by atoms with Crippen molar-refractivity contribution in [3.05, 3.63) is 70.3 Å². The number of nitrogens with zero attached hydrogens (tertiary/aromatic N) is 2. The molecule has 1 unspecified atom stereocenters. The predicted octanol–water partition coefficient (Wildman–Crippen LogP) is 3.23. The Morgan fingerprint density at radius 2 is 1.73 bits per heavy atom. The number of ether oxygens (including phenoxy) is 1. The summed E-state index contributed by atoms with van der Waals surface area (Å²) >= 11 is 0. The molecule has 0 spiro atoms. The third-order valence-corrected chi connectivity index (χ3v) is 4.94. The lowest BCUT2D eigenvalue weighted by molar-refractivity contribution is -0.151. The smallest absolute Gasteiger partial charge is 0.253 e. The van der Waals surface area contributed by atoms with Gasteiger partial charge in [0.1, 0.15) is 11.6 Å². The van der Waals surface area contributed by atoms with E-state index < -0.39 is 29.7 Å². The van der Waals surface area contributed by atoms with E-state index in [1.54, 1.807) is 7.11 Å². The van der Waals surface area contributed by atoms with Crippen LogP contribution >= 0.6 is 0 Å². The highest BCUT2D eigenvalue weighted by molar-refractivity contribution is 5.89. The van der Waals surface area contributed by atoms with Crippen LogP contribution in [-0.2, 0) is 11.3 Å². The minimum atomic E-state index is -1.57. The third-order valence-electron chi connectivity index (χ3n) is 4.94. The van der Waals surface area contributed by atoms with E-state index in [9.17, 15) is 23.1 Å². The minimum absolute atomic E-state index is 0.0866. The standard InChI is InChI=1S/C21H22F3N3O3/c1-11-6-17(30-4)12(2)5-16(11)25-18-9-19(28)26(3)21(29)27(18)10-13-7-14(22)20(24)15(23)8-13/h5-9,21,25,29H,10H2,1-4H3. The average molecular weight is 421 g/mol. The van der Waals surface area contributed by atoms with Gasteiger partial charge in [-0.05, 0) is 54.8 Å². The van der Waals surface area contributed by atoms with Gasteiger partial charge in [0, 0.05) is 25.4 Å². The molecule has 2 aromatic carbocycles. The molecule has 3 rings (SSSR count). The molecule has 0 bridgehead atoms. The summed E-state index contributed by atoms with van der Waals surface area (Å²) in [7, 11) is 2.95. The molecule has 30 heavy (non-hydrogen) atoms. The summed E-state index contributed by atoms with van der Waals surface area (Å²) in [6, 6.07) is 5.34. The molecule has 0 aliphatic carbocycles. The Morgan fingerprint density at radius 3 is 2.33 bits per heavy atom. The van der Waals surface area contributed by atoms with Crippen LogP contribution in [0.3, 0.4) is 0 Å². The van der Waals surface area contributed by atoms with E-state index in [1.807, 2.05) is 26.0 Å². The molecule has 0 saturated carbocycles. The van der Waals surface area contributed by atoms with E-state index >= 15 is 0 Å². The van der Waals surface area contributed by atoms with E-state index in [0.717, 1.165) is 28.2 Å². The van der Waals surface area contributed by atoms with Crippen molar-refractivity contribution in [2.45, 2.75) is 26.7 Å². The van der Waals surface area contributed by atoms with Gasteiger partial charge >= 0.3 is 0 Å². The van der Waals surface area contributed by atoms with Gasteiger partial charge in [-0.2, -0.15) is 0 Å². The van der Waals surface area contributed by atoms with Crippen molar-refractivity contribution in [2.75, 3.05) is 19.5 Å². The van der Waals surface area contributed by atoms with E-state index in [-0.39, 0.29) is 17.9 Å². The normalized spacial score (nSPS) is 16.6. The van der Waals surface area contributed by atoms with Gasteiger partial charge in [0.25, 0.3) is 5.91 Å². The van der Waals surface area contributed by atoms with Crippen molar-refractivity contribution in [3.63, 3.8) is 0 Å². The van der Waals surface area contributed by atoms with Crippen LogP contribution in [0.25, 0.3) is 0 Å². The monoisotopic (exact) mass is 421 g/mol. The number of methoxy groups -OCH3 is 1. The fourth-order valence-corrected chi connectivity index (χ4v) is 3.20. The minimum Gasteiger partial charge on any atom is -0.496 e. The first-order valence-corrected chi connectivity index (χ1v) is 9.11. The van der Waals surface area contributed by atoms with Crippen molar-refractivity contribution in [1.82, 2.24) is 9.80 Å². The van der Waals surface area contributed by atoms with E-state index in [0.29, 0.717) is 11.4 Å². The molecule has 0 radical (unpaired) electrons. The molecule has 1 heterocycles. The van der Waals surface area contributed by atoms with Crippen LogP contribution in [0.1, 0.15) is 16.7 Å². The average Bonchev–Trinajstić information content (AvgIpc) is 2.69. The SMILES string of the molecule is COc1cc(C)c(NC2=CC(=O)N(C)C(O)N2Cc2cc(F)c(F)c(F)c2)cc1C. The first-order chi connectivity index (χ1) is 14.1. The van der Waals surface area contributed by atoms with Crippen molar-refractivity contribution in [2.24, 2.45) is 0 Å². The lowest BCUT2D eigenvalue weighted by atomic mass is 10.1. The molecule has 6 nitrogen and oxygen atoms in total. The van der Waals surface area contributed by atoms with Crippen LogP contribution < -0.4 is 10.1 Å². The molecule has 9 heteroatoms. The van der Waals surface area contributed by atoms with E-state index in [4.69, 9.17) is 4.74 Å². The lowest BCUT2D eigenvalue weighted by Crippen LogP contribution is -2.52. The molecule has 0 aromatic heterocycles. The number of rotatable bonds is 5. The zero-order valence-electron chi connectivity index (χ0n) is 17.0. The molecule has 1 aliphatic heterocycles. The fraction of sp³-hybridized carbons (Fsp3) is 0.286. The van der Waals surface area contributed by atoms with E-state index in [2.05, 4.69) is 5.32 Å². The second-order valence-corrected chi connectivity index (χ2v) is 7.09. The number of halogens is 3. The van der Waals surface area contributed by atoms with Gasteiger partial charge in [-0.25, -0.2) is 13.2 Å². The molecule has 160 valence electrons. The number of aliphatic hydroxyl groups is 1. The zero-order valence-corrected chi connectivity index (χ0v) is 17.0. The lowest BCUT2D eigenvalue weighted by Gasteiger charge is -2.40. The number of hydrogen-bond donors (Lipinski definition) is 2. The van der Waals surface area contributed by atoms with Gasteiger partial charge in [0.05, 0.1) is 7.11 Å². The number of anilines is 1. The second kappa shape index (κ2) is 8.27. The van der Waals surface area contributed by atoms with Crippen LogP contribution in [0.2, 0.25) is 0 Å². The van der Waals surface area contributed by atoms with Gasteiger partial charge in [-0.1, -0.05) is 0 Å². The molecule has 1 amide bonds. The number of nitrogens with one attached hydrogen (secondary N) is 1. The van der Waals surface area contributed by atoms with Gasteiger partial charge in [-0.15, -0.1) is 0 Å². The maximum Gasteiger partial charge on any atom is 0.253 e. The summed E-state index contributed by atoms with van der Waals surface area (Å²) in [5.41, 5.74) is 2.41. The first-order valence-electron chi connectivity index (χ1n) is 9.11. The van der Waals surface area contributed by atoms with Crippen LogP contribution in [0.5, 0.6) is 5.75 Å². The quantitative estimate of drug-likeness (QED) is 0.726. The van der Waals surface area contributed by atoms with Crippen LogP contribution in [0, 0.1) is 31.3 Å². The highest BCUT2D eigenvalue weighted by Gasteiger charge is 2.31. The highest BCUT2D eigenvalue weighted by Crippen LogP contribution is 2.29. The number of carbonyl (C=O) groups excluding carboxylic acids is 1. The zero-order chi connectivity index (χ0) is 22.2. The Bertz CT molecular complexity index is 1000. The Balaban J connectivity index is 1.97. The van der Waals surface area contributed by atoms with Crippen molar-refractivity contribution >= 4 is 11.6 Å². The van der Waals surface area contributed by atoms with Crippen molar-refractivity contribution in [3.8, 4) is 5.75 Å². The molecule has 2 aromatic rings. The fourth-order valence-electron chi connectivity index (χ4n) is 3.20. The molecule has 1 atom stereocenters. The summed E-state index contributed by atoms with van der Waals surface area (Å²) in [5, 5.41) is 13.7. The first kappa shape index (κ1) is 21.5. The van der Waals surface area contributed by atoms with Gasteiger partial charge in [0.2, 0.25) is 6.35 Å². The molecule has 1 aliphatic rings. The Kier molecular flexibility index (Phi) is 5.93.